The van der Waals surface area contributed by atoms with Crippen LogP contribution in [0, 0.1) is 5.92 Å². The molecule has 0 saturated carbocycles. The SMILES string of the molecule is COc1cccc2c1O[C@H](C(C)C)N1N=C(c3ccc(Cl)cc3)C[C@@H]21. The average Bonchev–Trinajstić information content (AvgIpc) is 3.06. The van der Waals surface area contributed by atoms with Crippen molar-refractivity contribution < 1.29 is 9.47 Å². The molecule has 0 aromatic heterocycles. The maximum atomic E-state index is 6.31. The van der Waals surface area contributed by atoms with Crippen LogP contribution >= 0.6 is 11.6 Å². The zero-order valence-corrected chi connectivity index (χ0v) is 15.3. The fraction of sp³-hybridized carbons (Fsp3) is 0.350. The zero-order valence-electron chi connectivity index (χ0n) is 14.6. The fourth-order valence-corrected chi connectivity index (χ4v) is 3.66. The van der Waals surface area contributed by atoms with Crippen LogP contribution in [0.1, 0.15) is 37.4 Å². The number of fused-ring (bicyclic) bond motifs is 3. The summed E-state index contributed by atoms with van der Waals surface area (Å²) in [5, 5.41) is 7.75. The minimum atomic E-state index is -0.112. The minimum absolute atomic E-state index is 0.112. The molecule has 2 aliphatic heterocycles. The molecule has 0 amide bonds. The van der Waals surface area contributed by atoms with Crippen LogP contribution in [0.15, 0.2) is 47.6 Å². The molecule has 0 spiro atoms. The highest BCUT2D eigenvalue weighted by Gasteiger charge is 2.42. The summed E-state index contributed by atoms with van der Waals surface area (Å²) >= 11 is 6.02. The highest BCUT2D eigenvalue weighted by atomic mass is 35.5. The Bertz CT molecular complexity index is 817. The van der Waals surface area contributed by atoms with E-state index in [0.29, 0.717) is 5.92 Å². The number of nitrogens with zero attached hydrogens (tertiary/aromatic N) is 2. The number of benzene rings is 2. The largest absolute Gasteiger partial charge is 0.493 e. The third kappa shape index (κ3) is 2.74. The Balaban J connectivity index is 1.76. The highest BCUT2D eigenvalue weighted by molar-refractivity contribution is 6.30. The lowest BCUT2D eigenvalue weighted by atomic mass is 9.95. The van der Waals surface area contributed by atoms with Crippen molar-refractivity contribution in [1.82, 2.24) is 5.01 Å². The number of hydrogen-bond acceptors (Lipinski definition) is 4. The van der Waals surface area contributed by atoms with Gasteiger partial charge < -0.3 is 9.47 Å². The lowest BCUT2D eigenvalue weighted by molar-refractivity contribution is -0.0476. The highest BCUT2D eigenvalue weighted by Crippen LogP contribution is 2.47. The monoisotopic (exact) mass is 356 g/mol. The van der Waals surface area contributed by atoms with Crippen molar-refractivity contribution in [2.24, 2.45) is 11.0 Å². The van der Waals surface area contributed by atoms with Gasteiger partial charge in [-0.2, -0.15) is 5.10 Å². The number of halogens is 1. The zero-order chi connectivity index (χ0) is 17.6. The van der Waals surface area contributed by atoms with Crippen LogP contribution < -0.4 is 9.47 Å². The maximum absolute atomic E-state index is 6.31. The molecule has 2 aromatic rings. The first-order valence-electron chi connectivity index (χ1n) is 8.54. The van der Waals surface area contributed by atoms with E-state index in [1.54, 1.807) is 7.11 Å². The van der Waals surface area contributed by atoms with E-state index >= 15 is 0 Å². The molecule has 0 saturated heterocycles. The summed E-state index contributed by atoms with van der Waals surface area (Å²) in [4.78, 5) is 0. The number of rotatable bonds is 3. The average molecular weight is 357 g/mol. The molecule has 0 fully saturated rings. The Morgan fingerprint density at radius 2 is 1.96 bits per heavy atom. The lowest BCUT2D eigenvalue weighted by Crippen LogP contribution is -2.43. The molecule has 25 heavy (non-hydrogen) atoms. The van der Waals surface area contributed by atoms with Gasteiger partial charge in [-0.15, -0.1) is 0 Å². The van der Waals surface area contributed by atoms with Crippen LogP contribution in [-0.2, 0) is 0 Å². The van der Waals surface area contributed by atoms with Gasteiger partial charge in [0.2, 0.25) is 0 Å². The van der Waals surface area contributed by atoms with Crippen molar-refractivity contribution in [1.29, 1.82) is 0 Å². The molecule has 0 aliphatic carbocycles. The second-order valence-corrected chi connectivity index (χ2v) is 7.22. The van der Waals surface area contributed by atoms with E-state index in [1.807, 2.05) is 36.4 Å². The molecule has 2 atom stereocenters. The Morgan fingerprint density at radius 3 is 2.64 bits per heavy atom. The van der Waals surface area contributed by atoms with E-state index in [4.69, 9.17) is 26.2 Å². The molecule has 2 aromatic carbocycles. The Kier molecular flexibility index (Phi) is 4.08. The van der Waals surface area contributed by atoms with Crippen molar-refractivity contribution in [2.75, 3.05) is 7.11 Å². The van der Waals surface area contributed by atoms with E-state index in [0.717, 1.165) is 39.8 Å². The van der Waals surface area contributed by atoms with Gasteiger partial charge in [0.15, 0.2) is 17.7 Å². The first-order chi connectivity index (χ1) is 12.1. The summed E-state index contributed by atoms with van der Waals surface area (Å²) in [5.74, 6) is 1.93. The van der Waals surface area contributed by atoms with E-state index < -0.39 is 0 Å². The molecular formula is C20H21ClN2O2. The lowest BCUT2D eigenvalue weighted by Gasteiger charge is -2.40. The number of methoxy groups -OCH3 is 1. The molecule has 2 heterocycles. The Hall–Kier alpha value is -2.20. The van der Waals surface area contributed by atoms with Gasteiger partial charge in [0.05, 0.1) is 18.9 Å². The summed E-state index contributed by atoms with van der Waals surface area (Å²) in [6, 6.07) is 14.1. The summed E-state index contributed by atoms with van der Waals surface area (Å²) in [7, 11) is 1.68. The quantitative estimate of drug-likeness (QED) is 0.786. The summed E-state index contributed by atoms with van der Waals surface area (Å²) in [5.41, 5.74) is 3.29. The first kappa shape index (κ1) is 16.3. The van der Waals surface area contributed by atoms with Gasteiger partial charge >= 0.3 is 0 Å². The predicted octanol–water partition coefficient (Wildman–Crippen LogP) is 4.87. The van der Waals surface area contributed by atoms with Gasteiger partial charge in [0.25, 0.3) is 0 Å². The normalized spacial score (nSPS) is 21.5. The molecule has 5 heteroatoms. The second-order valence-electron chi connectivity index (χ2n) is 6.78. The molecule has 0 N–H and O–H groups in total. The van der Waals surface area contributed by atoms with E-state index in [2.05, 4.69) is 24.9 Å². The Labute approximate surface area is 153 Å². The van der Waals surface area contributed by atoms with Gasteiger partial charge in [-0.3, -0.25) is 0 Å². The third-order valence-corrected chi connectivity index (χ3v) is 5.03. The van der Waals surface area contributed by atoms with E-state index in [9.17, 15) is 0 Å². The number of hydrogen-bond donors (Lipinski definition) is 0. The predicted molar refractivity (Wildman–Crippen MR) is 99.4 cm³/mol. The van der Waals surface area contributed by atoms with Crippen LogP contribution in [0.4, 0.5) is 0 Å². The molecule has 0 unspecified atom stereocenters. The summed E-state index contributed by atoms with van der Waals surface area (Å²) < 4.78 is 11.8. The van der Waals surface area contributed by atoms with Crippen LogP contribution in [0.5, 0.6) is 11.5 Å². The molecular weight excluding hydrogens is 336 g/mol. The smallest absolute Gasteiger partial charge is 0.190 e. The van der Waals surface area contributed by atoms with E-state index in [-0.39, 0.29) is 12.3 Å². The van der Waals surface area contributed by atoms with Gasteiger partial charge in [-0.05, 0) is 23.8 Å². The minimum Gasteiger partial charge on any atom is -0.493 e. The van der Waals surface area contributed by atoms with Crippen LogP contribution in [0.2, 0.25) is 5.02 Å². The van der Waals surface area contributed by atoms with Crippen LogP contribution in [-0.4, -0.2) is 24.1 Å². The van der Waals surface area contributed by atoms with Crippen LogP contribution in [0.3, 0.4) is 0 Å². The van der Waals surface area contributed by atoms with Crippen molar-refractivity contribution in [2.45, 2.75) is 32.5 Å². The third-order valence-electron chi connectivity index (χ3n) is 4.78. The molecule has 4 nitrogen and oxygen atoms in total. The van der Waals surface area contributed by atoms with Gasteiger partial charge in [0, 0.05) is 22.9 Å². The second kappa shape index (κ2) is 6.26. The maximum Gasteiger partial charge on any atom is 0.190 e. The number of para-hydroxylation sites is 1. The van der Waals surface area contributed by atoms with Crippen LogP contribution in [0.25, 0.3) is 0 Å². The standard InChI is InChI=1S/C20H21ClN2O2/c1-12(2)20-23-17(15-5-4-6-18(24-3)19(15)25-20)11-16(22-23)13-7-9-14(21)10-8-13/h4-10,12,17,20H,11H2,1-3H3/t17-,20+/m0/s1. The molecule has 0 bridgehead atoms. The molecule has 0 radical (unpaired) electrons. The van der Waals surface area contributed by atoms with Crippen molar-refractivity contribution in [3.8, 4) is 11.5 Å². The topological polar surface area (TPSA) is 34.1 Å². The number of ether oxygens (including phenoxy) is 2. The van der Waals surface area contributed by atoms with Crippen molar-refractivity contribution in [3.63, 3.8) is 0 Å². The Morgan fingerprint density at radius 1 is 1.20 bits per heavy atom. The van der Waals surface area contributed by atoms with E-state index in [1.165, 1.54) is 0 Å². The first-order valence-corrected chi connectivity index (χ1v) is 8.91. The van der Waals surface area contributed by atoms with Gasteiger partial charge in [0.1, 0.15) is 0 Å². The summed E-state index contributed by atoms with van der Waals surface area (Å²) in [6.45, 7) is 4.30. The number of hydrazone groups is 1. The van der Waals surface area contributed by atoms with Crippen molar-refractivity contribution in [3.05, 3.63) is 58.6 Å². The fourth-order valence-electron chi connectivity index (χ4n) is 3.53. The molecule has 2 aliphatic rings. The molecule has 130 valence electrons. The van der Waals surface area contributed by atoms with Gasteiger partial charge in [-0.25, -0.2) is 5.01 Å². The molecule has 4 rings (SSSR count). The van der Waals surface area contributed by atoms with Gasteiger partial charge in [-0.1, -0.05) is 49.7 Å². The summed E-state index contributed by atoms with van der Waals surface area (Å²) in [6.07, 6.45) is 0.729. The van der Waals surface area contributed by atoms with Crippen molar-refractivity contribution >= 4 is 17.3 Å².